The highest BCUT2D eigenvalue weighted by molar-refractivity contribution is 6.31. The molecule has 0 unspecified atom stereocenters. The molecule has 3 aromatic rings. The van der Waals surface area contributed by atoms with Gasteiger partial charge in [-0.15, -0.1) is 0 Å². The molecule has 5 heteroatoms. The van der Waals surface area contributed by atoms with Crippen molar-refractivity contribution in [2.24, 2.45) is 0 Å². The summed E-state index contributed by atoms with van der Waals surface area (Å²) in [6.07, 6.45) is 1.35. The first-order valence-corrected chi connectivity index (χ1v) is 5.96. The minimum Gasteiger partial charge on any atom is -0.313 e. The molecule has 0 aliphatic heterocycles. The average Bonchev–Trinajstić information content (AvgIpc) is 2.42. The van der Waals surface area contributed by atoms with Gasteiger partial charge in [0.25, 0.3) is 5.56 Å². The van der Waals surface area contributed by atoms with Crippen LogP contribution < -0.4 is 5.56 Å². The van der Waals surface area contributed by atoms with Crippen molar-refractivity contribution in [3.05, 3.63) is 63.9 Å². The molecule has 1 N–H and O–H groups in total. The molecule has 0 radical (unpaired) electrons. The van der Waals surface area contributed by atoms with E-state index in [1.165, 1.54) is 12.4 Å². The molecule has 0 bridgehead atoms. The van der Waals surface area contributed by atoms with Crippen LogP contribution >= 0.6 is 11.6 Å². The van der Waals surface area contributed by atoms with Gasteiger partial charge in [0.15, 0.2) is 0 Å². The number of nitrogens with one attached hydrogen (secondary N) is 1. The number of nitrogens with zero attached hydrogens (tertiary/aromatic N) is 1. The van der Waals surface area contributed by atoms with Crippen LogP contribution in [0.3, 0.4) is 0 Å². The first-order chi connectivity index (χ1) is 9.15. The summed E-state index contributed by atoms with van der Waals surface area (Å²) in [5.41, 5.74) is 2.00. The summed E-state index contributed by atoms with van der Waals surface area (Å²) >= 11 is 5.76. The van der Waals surface area contributed by atoms with Crippen LogP contribution in [0.5, 0.6) is 0 Å². The third-order valence-corrected chi connectivity index (χ3v) is 3.18. The van der Waals surface area contributed by atoms with E-state index in [1.807, 2.05) is 0 Å². The minimum atomic E-state index is -0.458. The summed E-state index contributed by atoms with van der Waals surface area (Å²) in [6.45, 7) is 0. The molecule has 0 saturated heterocycles. The molecular weight excluding hydrogens is 267 g/mol. The van der Waals surface area contributed by atoms with Crippen molar-refractivity contribution in [3.8, 4) is 11.1 Å². The lowest BCUT2D eigenvalue weighted by atomic mass is 10.0. The fourth-order valence-electron chi connectivity index (χ4n) is 1.92. The van der Waals surface area contributed by atoms with Gasteiger partial charge in [0.2, 0.25) is 0 Å². The number of aromatic amines is 1. The van der Waals surface area contributed by atoms with Gasteiger partial charge in [-0.25, -0.2) is 9.37 Å². The molecule has 0 spiro atoms. The quantitative estimate of drug-likeness (QED) is 0.739. The standard InChI is InChI=1S/C14H8ClFN2O/c15-11-5-8(2-4-12(11)16)9-1-3-10-13(6-9)17-7-18-14(10)19/h1-7H,(H,17,18,19). The Labute approximate surface area is 112 Å². The third-order valence-electron chi connectivity index (χ3n) is 2.89. The molecule has 0 amide bonds. The highest BCUT2D eigenvalue weighted by Gasteiger charge is 2.05. The maximum Gasteiger partial charge on any atom is 0.258 e. The number of fused-ring (bicyclic) bond motifs is 1. The van der Waals surface area contributed by atoms with Crippen LogP contribution in [0.2, 0.25) is 5.02 Å². The number of H-pyrrole nitrogens is 1. The predicted octanol–water partition coefficient (Wildman–Crippen LogP) is 3.38. The molecule has 19 heavy (non-hydrogen) atoms. The fraction of sp³-hybridized carbons (Fsp3) is 0. The summed E-state index contributed by atoms with van der Waals surface area (Å²) in [4.78, 5) is 18.2. The Morgan fingerprint density at radius 3 is 2.63 bits per heavy atom. The van der Waals surface area contributed by atoms with Crippen molar-refractivity contribution in [3.63, 3.8) is 0 Å². The smallest absolute Gasteiger partial charge is 0.258 e. The zero-order chi connectivity index (χ0) is 13.4. The van der Waals surface area contributed by atoms with Crippen LogP contribution in [0.4, 0.5) is 4.39 Å². The van der Waals surface area contributed by atoms with Crippen molar-refractivity contribution >= 4 is 22.5 Å². The third kappa shape index (κ3) is 2.11. The van der Waals surface area contributed by atoms with Gasteiger partial charge in [-0.2, -0.15) is 0 Å². The Morgan fingerprint density at radius 1 is 1.11 bits per heavy atom. The Balaban J connectivity index is 2.20. The van der Waals surface area contributed by atoms with Crippen LogP contribution in [-0.2, 0) is 0 Å². The van der Waals surface area contributed by atoms with E-state index in [2.05, 4.69) is 9.97 Å². The van der Waals surface area contributed by atoms with E-state index in [-0.39, 0.29) is 10.6 Å². The molecule has 0 saturated carbocycles. The fourth-order valence-corrected chi connectivity index (χ4v) is 2.10. The zero-order valence-electron chi connectivity index (χ0n) is 9.65. The molecule has 1 aromatic heterocycles. The molecular formula is C14H8ClFN2O. The molecule has 2 aromatic carbocycles. The molecule has 0 aliphatic carbocycles. The number of benzene rings is 2. The van der Waals surface area contributed by atoms with Crippen LogP contribution in [0, 0.1) is 5.82 Å². The Morgan fingerprint density at radius 2 is 1.84 bits per heavy atom. The van der Waals surface area contributed by atoms with E-state index in [9.17, 15) is 9.18 Å². The van der Waals surface area contributed by atoms with E-state index < -0.39 is 5.82 Å². The topological polar surface area (TPSA) is 45.8 Å². The van der Waals surface area contributed by atoms with E-state index in [0.29, 0.717) is 10.9 Å². The molecule has 94 valence electrons. The monoisotopic (exact) mass is 274 g/mol. The first-order valence-electron chi connectivity index (χ1n) is 5.58. The highest BCUT2D eigenvalue weighted by Crippen LogP contribution is 2.26. The van der Waals surface area contributed by atoms with Gasteiger partial charge < -0.3 is 4.98 Å². The number of hydrogen-bond donors (Lipinski definition) is 1. The molecule has 1 heterocycles. The lowest BCUT2D eigenvalue weighted by molar-refractivity contribution is 0.628. The van der Waals surface area contributed by atoms with E-state index >= 15 is 0 Å². The summed E-state index contributed by atoms with van der Waals surface area (Å²) < 4.78 is 13.1. The van der Waals surface area contributed by atoms with Crippen LogP contribution in [0.1, 0.15) is 0 Å². The van der Waals surface area contributed by atoms with Gasteiger partial charge in [0.05, 0.1) is 22.3 Å². The molecule has 0 fully saturated rings. The second kappa shape index (κ2) is 4.48. The van der Waals surface area contributed by atoms with Crippen molar-refractivity contribution in [2.45, 2.75) is 0 Å². The average molecular weight is 275 g/mol. The molecule has 3 nitrogen and oxygen atoms in total. The number of aromatic nitrogens is 2. The number of halogens is 2. The van der Waals surface area contributed by atoms with Crippen molar-refractivity contribution in [2.75, 3.05) is 0 Å². The lowest BCUT2D eigenvalue weighted by Gasteiger charge is -2.04. The van der Waals surface area contributed by atoms with Gasteiger partial charge in [-0.1, -0.05) is 23.7 Å². The first kappa shape index (κ1) is 11.9. The largest absolute Gasteiger partial charge is 0.313 e. The number of hydrogen-bond acceptors (Lipinski definition) is 2. The van der Waals surface area contributed by atoms with Crippen molar-refractivity contribution in [1.29, 1.82) is 0 Å². The maximum absolute atomic E-state index is 13.1. The summed E-state index contributed by atoms with van der Waals surface area (Å²) in [5, 5.41) is 0.580. The van der Waals surface area contributed by atoms with Crippen LogP contribution in [0.25, 0.3) is 22.0 Å². The Hall–Kier alpha value is -2.20. The van der Waals surface area contributed by atoms with Gasteiger partial charge >= 0.3 is 0 Å². The van der Waals surface area contributed by atoms with Crippen LogP contribution in [0.15, 0.2) is 47.5 Å². The minimum absolute atomic E-state index is 0.0662. The second-order valence-corrected chi connectivity index (χ2v) is 4.50. The van der Waals surface area contributed by atoms with Gasteiger partial charge in [-0.3, -0.25) is 4.79 Å². The molecule has 0 aliphatic rings. The zero-order valence-corrected chi connectivity index (χ0v) is 10.4. The molecule has 0 atom stereocenters. The van der Waals surface area contributed by atoms with E-state index in [1.54, 1.807) is 30.3 Å². The van der Waals surface area contributed by atoms with E-state index in [0.717, 1.165) is 11.1 Å². The maximum atomic E-state index is 13.1. The van der Waals surface area contributed by atoms with Gasteiger partial charge in [-0.05, 0) is 35.4 Å². The van der Waals surface area contributed by atoms with Gasteiger partial charge in [0.1, 0.15) is 5.82 Å². The summed E-state index contributed by atoms with van der Waals surface area (Å²) in [7, 11) is 0. The predicted molar refractivity (Wildman–Crippen MR) is 72.8 cm³/mol. The Kier molecular flexibility index (Phi) is 2.80. The number of rotatable bonds is 1. The van der Waals surface area contributed by atoms with Crippen molar-refractivity contribution < 1.29 is 4.39 Å². The second-order valence-electron chi connectivity index (χ2n) is 4.09. The van der Waals surface area contributed by atoms with Crippen molar-refractivity contribution in [1.82, 2.24) is 9.97 Å². The molecule has 3 rings (SSSR count). The highest BCUT2D eigenvalue weighted by atomic mass is 35.5. The summed E-state index contributed by atoms with van der Waals surface area (Å²) in [5.74, 6) is -0.458. The van der Waals surface area contributed by atoms with E-state index in [4.69, 9.17) is 11.6 Å². The van der Waals surface area contributed by atoms with Crippen LogP contribution in [-0.4, -0.2) is 9.97 Å². The lowest BCUT2D eigenvalue weighted by Crippen LogP contribution is -2.05. The Bertz CT molecular complexity index is 829. The van der Waals surface area contributed by atoms with Gasteiger partial charge in [0, 0.05) is 0 Å². The summed E-state index contributed by atoms with van der Waals surface area (Å²) in [6, 6.07) is 9.73. The SMILES string of the molecule is O=c1[nH]cnc2cc(-c3ccc(F)c(Cl)c3)ccc12. The normalized spacial score (nSPS) is 10.8.